The third kappa shape index (κ3) is 3.19. The molecule has 0 radical (unpaired) electrons. The minimum atomic E-state index is -0.431. The number of amides is 1. The summed E-state index contributed by atoms with van der Waals surface area (Å²) in [7, 11) is 0. The summed E-state index contributed by atoms with van der Waals surface area (Å²) < 4.78 is 5.64. The number of likely N-dealkylation sites (tertiary alicyclic amines) is 1. The standard InChI is InChI=1S/C20H22N6O2/c1-13(18(27)26-10-8-20(6-7-20)9-11-26)22-19-25-24-17(28-19)16-21-12-14-4-2-3-5-15(14)23-16/h2-5,12-13H,6-11H2,1H3,(H,22,25)/t13-/m0/s1. The van der Waals surface area contributed by atoms with Gasteiger partial charge in [-0.15, -0.1) is 5.10 Å². The summed E-state index contributed by atoms with van der Waals surface area (Å²) in [5.74, 6) is 0.655. The van der Waals surface area contributed by atoms with E-state index in [1.165, 1.54) is 12.8 Å². The first-order valence-corrected chi connectivity index (χ1v) is 9.73. The van der Waals surface area contributed by atoms with Gasteiger partial charge in [0.1, 0.15) is 6.04 Å². The van der Waals surface area contributed by atoms with Gasteiger partial charge < -0.3 is 14.6 Å². The van der Waals surface area contributed by atoms with E-state index < -0.39 is 6.04 Å². The number of nitrogens with zero attached hydrogens (tertiary/aromatic N) is 5. The van der Waals surface area contributed by atoms with Crippen molar-refractivity contribution in [3.63, 3.8) is 0 Å². The zero-order valence-corrected chi connectivity index (χ0v) is 15.8. The van der Waals surface area contributed by atoms with Crippen LogP contribution in [0.1, 0.15) is 32.6 Å². The molecule has 1 saturated carbocycles. The van der Waals surface area contributed by atoms with Crippen molar-refractivity contribution in [2.45, 2.75) is 38.6 Å². The number of fused-ring (bicyclic) bond motifs is 1. The van der Waals surface area contributed by atoms with E-state index in [2.05, 4.69) is 25.5 Å². The van der Waals surface area contributed by atoms with E-state index in [1.54, 1.807) is 6.20 Å². The Hall–Kier alpha value is -3.03. The number of aromatic nitrogens is 4. The topological polar surface area (TPSA) is 97.0 Å². The normalized spacial score (nSPS) is 19.0. The number of anilines is 1. The lowest BCUT2D eigenvalue weighted by Crippen LogP contribution is -2.45. The molecule has 1 aliphatic heterocycles. The van der Waals surface area contributed by atoms with E-state index in [1.807, 2.05) is 36.1 Å². The number of rotatable bonds is 4. The Kier molecular flexibility index (Phi) is 3.99. The minimum Gasteiger partial charge on any atom is -0.400 e. The monoisotopic (exact) mass is 378 g/mol. The van der Waals surface area contributed by atoms with Crippen LogP contribution < -0.4 is 5.32 Å². The van der Waals surface area contributed by atoms with Gasteiger partial charge in [0.2, 0.25) is 11.7 Å². The fraction of sp³-hybridized carbons (Fsp3) is 0.450. The summed E-state index contributed by atoms with van der Waals surface area (Å²) in [6.45, 7) is 3.50. The van der Waals surface area contributed by atoms with Gasteiger partial charge in [0.05, 0.1) is 5.52 Å². The van der Waals surface area contributed by atoms with Gasteiger partial charge in [-0.2, -0.15) is 0 Å². The highest BCUT2D eigenvalue weighted by atomic mass is 16.4. The maximum absolute atomic E-state index is 12.7. The van der Waals surface area contributed by atoms with Gasteiger partial charge in [-0.3, -0.25) is 4.79 Å². The largest absolute Gasteiger partial charge is 0.400 e. The maximum Gasteiger partial charge on any atom is 0.316 e. The summed E-state index contributed by atoms with van der Waals surface area (Å²) in [5.41, 5.74) is 1.36. The van der Waals surface area contributed by atoms with Gasteiger partial charge in [-0.1, -0.05) is 23.3 Å². The Morgan fingerprint density at radius 2 is 1.96 bits per heavy atom. The molecule has 1 N–H and O–H groups in total. The molecule has 0 bridgehead atoms. The van der Waals surface area contributed by atoms with E-state index in [0.29, 0.717) is 11.2 Å². The Balaban J connectivity index is 1.25. The lowest BCUT2D eigenvalue weighted by atomic mass is 9.93. The van der Waals surface area contributed by atoms with Gasteiger partial charge in [-0.05, 0) is 44.1 Å². The van der Waals surface area contributed by atoms with Crippen LogP contribution in [0, 0.1) is 5.41 Å². The summed E-state index contributed by atoms with van der Waals surface area (Å²) in [6.07, 6.45) is 6.62. The number of hydrogen-bond acceptors (Lipinski definition) is 7. The molecular weight excluding hydrogens is 356 g/mol. The van der Waals surface area contributed by atoms with E-state index in [9.17, 15) is 4.79 Å². The molecule has 2 aromatic heterocycles. The molecule has 28 heavy (non-hydrogen) atoms. The van der Waals surface area contributed by atoms with Crippen molar-refractivity contribution in [3.05, 3.63) is 30.5 Å². The molecule has 3 aromatic rings. The van der Waals surface area contributed by atoms with E-state index in [-0.39, 0.29) is 17.8 Å². The van der Waals surface area contributed by atoms with Crippen LogP contribution in [-0.4, -0.2) is 50.1 Å². The molecule has 5 rings (SSSR count). The predicted octanol–water partition coefficient (Wildman–Crippen LogP) is 2.88. The van der Waals surface area contributed by atoms with Crippen molar-refractivity contribution in [1.82, 2.24) is 25.1 Å². The van der Waals surface area contributed by atoms with Crippen LogP contribution in [0.25, 0.3) is 22.6 Å². The molecule has 1 amide bonds. The number of nitrogens with one attached hydrogen (secondary N) is 1. The molecule has 2 aliphatic rings. The fourth-order valence-electron chi connectivity index (χ4n) is 3.85. The van der Waals surface area contributed by atoms with Gasteiger partial charge in [0, 0.05) is 24.7 Å². The van der Waals surface area contributed by atoms with Gasteiger partial charge in [-0.25, -0.2) is 9.97 Å². The Bertz CT molecular complexity index is 1020. The van der Waals surface area contributed by atoms with Crippen LogP contribution in [0.4, 0.5) is 6.01 Å². The zero-order chi connectivity index (χ0) is 19.1. The number of piperidine rings is 1. The van der Waals surface area contributed by atoms with Gasteiger partial charge >= 0.3 is 6.01 Å². The third-order valence-corrected chi connectivity index (χ3v) is 5.91. The van der Waals surface area contributed by atoms with Gasteiger partial charge in [0.25, 0.3) is 5.89 Å². The molecular formula is C20H22N6O2. The smallest absolute Gasteiger partial charge is 0.316 e. The Morgan fingerprint density at radius 3 is 2.75 bits per heavy atom. The molecule has 1 aliphatic carbocycles. The first kappa shape index (κ1) is 17.1. The summed E-state index contributed by atoms with van der Waals surface area (Å²) in [6, 6.07) is 7.46. The highest BCUT2D eigenvalue weighted by molar-refractivity contribution is 5.84. The Morgan fingerprint density at radius 1 is 1.18 bits per heavy atom. The fourth-order valence-corrected chi connectivity index (χ4v) is 3.85. The molecule has 144 valence electrons. The van der Waals surface area contributed by atoms with Gasteiger partial charge in [0.15, 0.2) is 0 Å². The molecule has 8 nitrogen and oxygen atoms in total. The number of carbonyl (C=O) groups excluding carboxylic acids is 1. The molecule has 0 unspecified atom stereocenters. The first-order chi connectivity index (χ1) is 13.6. The number of para-hydroxylation sites is 1. The van der Waals surface area contributed by atoms with Crippen LogP contribution in [0.15, 0.2) is 34.9 Å². The van der Waals surface area contributed by atoms with Crippen molar-refractivity contribution in [3.8, 4) is 11.7 Å². The third-order valence-electron chi connectivity index (χ3n) is 5.91. The first-order valence-electron chi connectivity index (χ1n) is 9.73. The van der Waals surface area contributed by atoms with Crippen LogP contribution in [-0.2, 0) is 4.79 Å². The molecule has 2 fully saturated rings. The van der Waals surface area contributed by atoms with Crippen molar-refractivity contribution >= 4 is 22.8 Å². The predicted molar refractivity (Wildman–Crippen MR) is 103 cm³/mol. The van der Waals surface area contributed by atoms with Crippen molar-refractivity contribution in [1.29, 1.82) is 0 Å². The second-order valence-corrected chi connectivity index (χ2v) is 7.86. The number of hydrogen-bond donors (Lipinski definition) is 1. The lowest BCUT2D eigenvalue weighted by Gasteiger charge is -2.33. The van der Waals surface area contributed by atoms with Crippen LogP contribution >= 0.6 is 0 Å². The number of carbonyl (C=O) groups is 1. The van der Waals surface area contributed by atoms with Crippen LogP contribution in [0.5, 0.6) is 0 Å². The second-order valence-electron chi connectivity index (χ2n) is 7.86. The highest BCUT2D eigenvalue weighted by Crippen LogP contribution is 2.53. The maximum atomic E-state index is 12.7. The number of benzene rings is 1. The summed E-state index contributed by atoms with van der Waals surface area (Å²) in [4.78, 5) is 23.4. The summed E-state index contributed by atoms with van der Waals surface area (Å²) in [5, 5.41) is 12.0. The SMILES string of the molecule is C[C@H](Nc1nnc(-c2ncc3ccccc3n2)o1)C(=O)N1CCC2(CC1)CC2. The lowest BCUT2D eigenvalue weighted by molar-refractivity contribution is -0.133. The van der Waals surface area contributed by atoms with Crippen LogP contribution in [0.3, 0.4) is 0 Å². The molecule has 1 saturated heterocycles. The molecule has 1 aromatic carbocycles. The quantitative estimate of drug-likeness (QED) is 0.745. The van der Waals surface area contributed by atoms with E-state index in [4.69, 9.17) is 4.42 Å². The molecule has 8 heteroatoms. The second kappa shape index (κ2) is 6.54. The molecule has 3 heterocycles. The Labute approximate surface area is 162 Å². The van der Waals surface area contributed by atoms with Crippen molar-refractivity contribution in [2.75, 3.05) is 18.4 Å². The van der Waals surface area contributed by atoms with E-state index in [0.717, 1.165) is 36.8 Å². The average Bonchev–Trinajstić information content (AvgIpc) is 3.31. The van der Waals surface area contributed by atoms with Crippen LogP contribution in [0.2, 0.25) is 0 Å². The zero-order valence-electron chi connectivity index (χ0n) is 15.8. The molecule has 1 spiro atoms. The average molecular weight is 378 g/mol. The van der Waals surface area contributed by atoms with E-state index >= 15 is 0 Å². The molecule has 1 atom stereocenters. The minimum absolute atomic E-state index is 0.0669. The van der Waals surface area contributed by atoms with Crippen molar-refractivity contribution < 1.29 is 9.21 Å². The van der Waals surface area contributed by atoms with Crippen molar-refractivity contribution in [2.24, 2.45) is 5.41 Å². The highest BCUT2D eigenvalue weighted by Gasteiger charge is 2.45. The summed E-state index contributed by atoms with van der Waals surface area (Å²) >= 11 is 0.